The molecule has 3 N–H and O–H groups in total. The molecule has 1 aromatic heterocycles. The molecule has 7 nitrogen and oxygen atoms in total. The number of urea groups is 1. The molecule has 0 saturated carbocycles. The van der Waals surface area contributed by atoms with Crippen LogP contribution in [0.2, 0.25) is 0 Å². The lowest BCUT2D eigenvalue weighted by atomic mass is 10.1. The predicted octanol–water partition coefficient (Wildman–Crippen LogP) is 3.43. The Morgan fingerprint density at radius 3 is 2.68 bits per heavy atom. The molecule has 0 bridgehead atoms. The summed E-state index contributed by atoms with van der Waals surface area (Å²) >= 11 is 0. The van der Waals surface area contributed by atoms with Crippen molar-refractivity contribution in [3.05, 3.63) is 36.0 Å². The smallest absolute Gasteiger partial charge is 0.407 e. The van der Waals surface area contributed by atoms with Gasteiger partial charge in [0.05, 0.1) is 6.10 Å². The molecule has 0 unspecified atom stereocenters. The first-order chi connectivity index (χ1) is 11.5. The van der Waals surface area contributed by atoms with Gasteiger partial charge >= 0.3 is 12.1 Å². The van der Waals surface area contributed by atoms with Gasteiger partial charge in [0.15, 0.2) is 0 Å². The second-order valence-electron chi connectivity index (χ2n) is 5.50. The summed E-state index contributed by atoms with van der Waals surface area (Å²) in [4.78, 5) is 27.4. The highest BCUT2D eigenvalue weighted by Gasteiger charge is 2.08. The molecule has 0 radical (unpaired) electrons. The molecule has 2 rings (SSSR count). The number of ether oxygens (including phenoxy) is 1. The molecule has 0 spiro atoms. The third-order valence-electron chi connectivity index (χ3n) is 3.20. The van der Waals surface area contributed by atoms with E-state index in [2.05, 4.69) is 20.9 Å². The predicted molar refractivity (Wildman–Crippen MR) is 100 cm³/mol. The first-order valence-corrected chi connectivity index (χ1v) is 7.86. The summed E-state index contributed by atoms with van der Waals surface area (Å²) in [5.74, 6) is 0.470. The molecule has 0 aliphatic carbocycles. The first-order valence-electron chi connectivity index (χ1n) is 7.86. The number of fused-ring (bicyclic) bond motifs is 1. The highest BCUT2D eigenvalue weighted by Crippen LogP contribution is 2.20. The zero-order valence-electron chi connectivity index (χ0n) is 14.5. The number of carbonyl (C=O) groups excluding carboxylic acids is 2. The van der Waals surface area contributed by atoms with Crippen molar-refractivity contribution >= 4 is 41.1 Å². The van der Waals surface area contributed by atoms with Crippen molar-refractivity contribution in [2.75, 3.05) is 11.9 Å². The van der Waals surface area contributed by atoms with Crippen LogP contribution in [0.1, 0.15) is 26.3 Å². The lowest BCUT2D eigenvalue weighted by Crippen LogP contribution is -2.28. The summed E-state index contributed by atoms with van der Waals surface area (Å²) in [6.45, 7) is 6.32. The Hall–Kier alpha value is -2.54. The van der Waals surface area contributed by atoms with Gasteiger partial charge in [-0.1, -0.05) is 18.2 Å². The number of alkyl carbamates (subject to hydrolysis) is 1. The Kier molecular flexibility index (Phi) is 7.94. The molecular formula is C17H23ClN4O3. The minimum Gasteiger partial charge on any atom is -0.447 e. The van der Waals surface area contributed by atoms with Gasteiger partial charge in [-0.3, -0.25) is 5.32 Å². The molecule has 0 aliphatic rings. The first kappa shape index (κ1) is 20.5. The number of pyridine rings is 1. The topological polar surface area (TPSA) is 92.4 Å². The van der Waals surface area contributed by atoms with Crippen LogP contribution in [0.5, 0.6) is 0 Å². The van der Waals surface area contributed by atoms with Gasteiger partial charge in [-0.05, 0) is 37.8 Å². The SMILES string of the molecule is CCNC(=O)Nc1cc2cccc(CNC(=O)OC(C)C)c2cn1.Cl. The van der Waals surface area contributed by atoms with Crippen LogP contribution in [0.15, 0.2) is 30.5 Å². The monoisotopic (exact) mass is 366 g/mol. The maximum Gasteiger partial charge on any atom is 0.407 e. The quantitative estimate of drug-likeness (QED) is 0.755. The maximum absolute atomic E-state index is 11.6. The number of rotatable bonds is 5. The average molecular weight is 367 g/mol. The van der Waals surface area contributed by atoms with Crippen molar-refractivity contribution in [2.45, 2.75) is 33.4 Å². The van der Waals surface area contributed by atoms with Gasteiger partial charge in [0.2, 0.25) is 0 Å². The Balaban J connectivity index is 0.00000312. The Labute approximate surface area is 152 Å². The number of carbonyl (C=O) groups is 2. The highest BCUT2D eigenvalue weighted by atomic mass is 35.5. The highest BCUT2D eigenvalue weighted by molar-refractivity contribution is 5.92. The van der Waals surface area contributed by atoms with Crippen LogP contribution < -0.4 is 16.0 Å². The van der Waals surface area contributed by atoms with E-state index in [1.165, 1.54) is 0 Å². The maximum atomic E-state index is 11.6. The van der Waals surface area contributed by atoms with Gasteiger partial charge in [-0.2, -0.15) is 0 Å². The average Bonchev–Trinajstić information content (AvgIpc) is 2.52. The zero-order valence-corrected chi connectivity index (χ0v) is 15.3. The summed E-state index contributed by atoms with van der Waals surface area (Å²) in [6, 6.07) is 7.23. The fourth-order valence-electron chi connectivity index (χ4n) is 2.20. The van der Waals surface area contributed by atoms with Crippen LogP contribution in [0.3, 0.4) is 0 Å². The van der Waals surface area contributed by atoms with Crippen molar-refractivity contribution in [3.63, 3.8) is 0 Å². The second kappa shape index (κ2) is 9.68. The van der Waals surface area contributed by atoms with E-state index in [1.807, 2.05) is 25.1 Å². The lowest BCUT2D eigenvalue weighted by Gasteiger charge is -2.11. The minimum absolute atomic E-state index is 0. The number of hydrogen-bond acceptors (Lipinski definition) is 4. The molecule has 25 heavy (non-hydrogen) atoms. The number of nitrogens with one attached hydrogen (secondary N) is 3. The summed E-state index contributed by atoms with van der Waals surface area (Å²) < 4.78 is 5.05. The van der Waals surface area contributed by atoms with E-state index in [9.17, 15) is 9.59 Å². The number of hydrogen-bond donors (Lipinski definition) is 3. The van der Waals surface area contributed by atoms with E-state index in [0.29, 0.717) is 18.9 Å². The fraction of sp³-hybridized carbons (Fsp3) is 0.353. The molecule has 0 saturated heterocycles. The van der Waals surface area contributed by atoms with Gasteiger partial charge in [0.25, 0.3) is 0 Å². The Bertz CT molecular complexity index is 737. The number of benzene rings is 1. The van der Waals surface area contributed by atoms with Crippen molar-refractivity contribution < 1.29 is 14.3 Å². The second-order valence-corrected chi connectivity index (χ2v) is 5.50. The van der Waals surface area contributed by atoms with E-state index in [0.717, 1.165) is 16.3 Å². The largest absolute Gasteiger partial charge is 0.447 e. The summed E-state index contributed by atoms with van der Waals surface area (Å²) in [5, 5.41) is 9.87. The van der Waals surface area contributed by atoms with Gasteiger partial charge in [-0.25, -0.2) is 14.6 Å². The Morgan fingerprint density at radius 1 is 1.24 bits per heavy atom. The minimum atomic E-state index is -0.454. The van der Waals surface area contributed by atoms with Crippen molar-refractivity contribution in [1.82, 2.24) is 15.6 Å². The molecule has 0 aliphatic heterocycles. The number of amides is 3. The van der Waals surface area contributed by atoms with Crippen molar-refractivity contribution in [3.8, 4) is 0 Å². The molecule has 2 aromatic rings. The molecule has 8 heteroatoms. The molecule has 3 amide bonds. The van der Waals surface area contributed by atoms with Gasteiger partial charge in [0.1, 0.15) is 5.82 Å². The van der Waals surface area contributed by atoms with Crippen LogP contribution in [0.25, 0.3) is 10.8 Å². The molecule has 1 heterocycles. The summed E-state index contributed by atoms with van der Waals surface area (Å²) in [6.07, 6.45) is 1.06. The van der Waals surface area contributed by atoms with E-state index < -0.39 is 6.09 Å². The van der Waals surface area contributed by atoms with Crippen LogP contribution in [0.4, 0.5) is 15.4 Å². The van der Waals surface area contributed by atoms with E-state index in [4.69, 9.17) is 4.74 Å². The van der Waals surface area contributed by atoms with Crippen LogP contribution in [-0.4, -0.2) is 29.8 Å². The van der Waals surface area contributed by atoms with E-state index in [1.54, 1.807) is 26.1 Å². The molecule has 0 atom stereocenters. The fourth-order valence-corrected chi connectivity index (χ4v) is 2.20. The third-order valence-corrected chi connectivity index (χ3v) is 3.20. The normalized spacial score (nSPS) is 10.1. The molecular weight excluding hydrogens is 344 g/mol. The van der Waals surface area contributed by atoms with Crippen LogP contribution in [-0.2, 0) is 11.3 Å². The Morgan fingerprint density at radius 2 is 2.00 bits per heavy atom. The van der Waals surface area contributed by atoms with Gasteiger partial charge in [0, 0.05) is 24.7 Å². The van der Waals surface area contributed by atoms with Gasteiger partial charge < -0.3 is 15.4 Å². The van der Waals surface area contributed by atoms with Crippen LogP contribution >= 0.6 is 12.4 Å². The standard InChI is InChI=1S/C17H22N4O3.ClH/c1-4-18-16(22)21-15-8-12-6-5-7-13(14(12)10-19-15)9-20-17(23)24-11(2)3;/h5-8,10-11H,4,9H2,1-3H3,(H,20,23)(H2,18,19,21,22);1H. The molecule has 0 fully saturated rings. The summed E-state index contributed by atoms with van der Waals surface area (Å²) in [7, 11) is 0. The van der Waals surface area contributed by atoms with E-state index in [-0.39, 0.29) is 24.5 Å². The van der Waals surface area contributed by atoms with Crippen molar-refractivity contribution in [1.29, 1.82) is 0 Å². The van der Waals surface area contributed by atoms with Crippen LogP contribution in [0, 0.1) is 0 Å². The lowest BCUT2D eigenvalue weighted by molar-refractivity contribution is 0.115. The molecule has 136 valence electrons. The number of aromatic nitrogens is 1. The molecule has 1 aromatic carbocycles. The van der Waals surface area contributed by atoms with E-state index >= 15 is 0 Å². The van der Waals surface area contributed by atoms with Gasteiger partial charge in [-0.15, -0.1) is 12.4 Å². The van der Waals surface area contributed by atoms with Crippen molar-refractivity contribution in [2.24, 2.45) is 0 Å². The number of halogens is 1. The zero-order chi connectivity index (χ0) is 17.5. The number of nitrogens with zero attached hydrogens (tertiary/aromatic N) is 1. The number of anilines is 1. The summed E-state index contributed by atoms with van der Waals surface area (Å²) in [5.41, 5.74) is 0.922. The third kappa shape index (κ3) is 6.11.